The van der Waals surface area contributed by atoms with Gasteiger partial charge < -0.3 is 25.0 Å². The number of hydrogen-bond donors (Lipinski definition) is 2. The molecular formula is C36H44N6O4. The van der Waals surface area contributed by atoms with Gasteiger partial charge in [0.2, 0.25) is 17.7 Å². The van der Waals surface area contributed by atoms with Crippen molar-refractivity contribution in [2.45, 2.75) is 79.4 Å². The second-order valence-electron chi connectivity index (χ2n) is 14.0. The average Bonchev–Trinajstić information content (AvgIpc) is 2.97. The number of likely N-dealkylation sites (tertiary alicyclic amines) is 1. The molecule has 10 nitrogen and oxygen atoms in total. The average molecular weight is 625 g/mol. The number of ether oxygens (including phenoxy) is 2. The Labute approximate surface area is 270 Å². The Morgan fingerprint density at radius 3 is 2.52 bits per heavy atom. The summed E-state index contributed by atoms with van der Waals surface area (Å²) in [6.07, 6.45) is 5.22. The van der Waals surface area contributed by atoms with Crippen molar-refractivity contribution in [2.75, 3.05) is 23.7 Å². The molecule has 10 heteroatoms. The van der Waals surface area contributed by atoms with Crippen molar-refractivity contribution in [2.24, 2.45) is 5.41 Å². The van der Waals surface area contributed by atoms with Gasteiger partial charge in [-0.05, 0) is 75.8 Å². The highest BCUT2D eigenvalue weighted by molar-refractivity contribution is 6.04. The van der Waals surface area contributed by atoms with Gasteiger partial charge in [-0.3, -0.25) is 4.79 Å². The third-order valence-corrected chi connectivity index (χ3v) is 7.48. The van der Waals surface area contributed by atoms with Crippen LogP contribution in [-0.2, 0) is 9.53 Å². The zero-order valence-electron chi connectivity index (χ0n) is 27.8. The molecule has 0 spiro atoms. The molecule has 1 fully saturated rings. The summed E-state index contributed by atoms with van der Waals surface area (Å²) in [5, 5.41) is 8.24. The highest BCUT2D eigenvalue weighted by Crippen LogP contribution is 2.39. The molecule has 1 atom stereocenters. The molecule has 46 heavy (non-hydrogen) atoms. The van der Waals surface area contributed by atoms with Crippen LogP contribution in [0.3, 0.4) is 0 Å². The minimum atomic E-state index is -0.548. The third-order valence-electron chi connectivity index (χ3n) is 7.48. The molecule has 3 heterocycles. The van der Waals surface area contributed by atoms with E-state index in [0.717, 1.165) is 34.9 Å². The van der Waals surface area contributed by atoms with E-state index in [9.17, 15) is 9.59 Å². The van der Waals surface area contributed by atoms with E-state index >= 15 is 0 Å². The van der Waals surface area contributed by atoms with Crippen molar-refractivity contribution >= 4 is 34.4 Å². The predicted octanol–water partition coefficient (Wildman–Crippen LogP) is 7.98. The van der Waals surface area contributed by atoms with Gasteiger partial charge in [-0.1, -0.05) is 45.0 Å². The predicted molar refractivity (Wildman–Crippen MR) is 181 cm³/mol. The molecule has 0 saturated carbocycles. The number of aromatic nitrogens is 3. The van der Waals surface area contributed by atoms with Crippen molar-refractivity contribution < 1.29 is 19.1 Å². The number of nitrogens with zero attached hydrogens (tertiary/aromatic N) is 4. The van der Waals surface area contributed by atoms with Crippen LogP contribution in [-0.4, -0.2) is 56.6 Å². The van der Waals surface area contributed by atoms with E-state index in [1.54, 1.807) is 17.3 Å². The lowest BCUT2D eigenvalue weighted by molar-refractivity contribution is -0.117. The number of carbonyl (C=O) groups excluding carboxylic acids is 2. The summed E-state index contributed by atoms with van der Waals surface area (Å²) < 4.78 is 12.1. The van der Waals surface area contributed by atoms with E-state index in [-0.39, 0.29) is 23.5 Å². The molecule has 2 aromatic heterocycles. The normalized spacial score (nSPS) is 15.4. The van der Waals surface area contributed by atoms with Crippen LogP contribution in [0.2, 0.25) is 0 Å². The molecule has 4 aromatic rings. The lowest BCUT2D eigenvalue weighted by Crippen LogP contribution is -2.47. The van der Waals surface area contributed by atoms with Gasteiger partial charge in [-0.2, -0.15) is 0 Å². The van der Waals surface area contributed by atoms with Crippen molar-refractivity contribution in [3.63, 3.8) is 0 Å². The third kappa shape index (κ3) is 8.29. The first-order valence-corrected chi connectivity index (χ1v) is 15.8. The summed E-state index contributed by atoms with van der Waals surface area (Å²) in [5.41, 5.74) is 2.35. The van der Waals surface area contributed by atoms with Gasteiger partial charge in [0, 0.05) is 54.4 Å². The number of nitrogens with one attached hydrogen (secondary N) is 2. The number of fused-ring (bicyclic) bond motifs is 1. The highest BCUT2D eigenvalue weighted by Gasteiger charge is 2.28. The molecule has 1 aliphatic heterocycles. The second-order valence-corrected chi connectivity index (χ2v) is 14.0. The number of rotatable bonds is 7. The zero-order valence-corrected chi connectivity index (χ0v) is 27.8. The summed E-state index contributed by atoms with van der Waals surface area (Å²) in [4.78, 5) is 41.0. The monoisotopic (exact) mass is 624 g/mol. The molecule has 0 aliphatic carbocycles. The summed E-state index contributed by atoms with van der Waals surface area (Å²) in [6, 6.07) is 15.4. The molecule has 242 valence electrons. The minimum absolute atomic E-state index is 0.0162. The maximum Gasteiger partial charge on any atom is 0.410 e. The molecule has 0 unspecified atom stereocenters. The van der Waals surface area contributed by atoms with Crippen LogP contribution in [0.4, 0.5) is 16.4 Å². The van der Waals surface area contributed by atoms with Crippen molar-refractivity contribution in [3.8, 4) is 22.9 Å². The van der Waals surface area contributed by atoms with Gasteiger partial charge >= 0.3 is 6.09 Å². The fraction of sp³-hybridized carbons (Fsp3) is 0.417. The quantitative estimate of drug-likeness (QED) is 0.212. The zero-order chi connectivity index (χ0) is 33.1. The van der Waals surface area contributed by atoms with Crippen LogP contribution in [0.5, 0.6) is 11.6 Å². The molecule has 0 radical (unpaired) electrons. The smallest absolute Gasteiger partial charge is 0.410 e. The van der Waals surface area contributed by atoms with Gasteiger partial charge in [-0.25, -0.2) is 19.7 Å². The van der Waals surface area contributed by atoms with E-state index in [2.05, 4.69) is 20.6 Å². The van der Waals surface area contributed by atoms with E-state index < -0.39 is 5.60 Å². The van der Waals surface area contributed by atoms with Crippen LogP contribution >= 0.6 is 0 Å². The SMILES string of the molecule is Cc1ccc2c(NC(=O)CC(C)(C)C)cccc2c1Oc1ncccc1-c1ccnc(N[C@H]2CCCN(C(=O)OC(C)(C)C)C2)n1. The summed E-state index contributed by atoms with van der Waals surface area (Å²) in [6.45, 7) is 14.9. The first kappa shape index (κ1) is 32.7. The van der Waals surface area contributed by atoms with Gasteiger partial charge in [0.25, 0.3) is 0 Å². The summed E-state index contributed by atoms with van der Waals surface area (Å²) in [5.74, 6) is 1.48. The molecule has 2 aromatic carbocycles. The van der Waals surface area contributed by atoms with Gasteiger partial charge in [0.1, 0.15) is 11.4 Å². The number of aryl methyl sites for hydroxylation is 1. The fourth-order valence-electron chi connectivity index (χ4n) is 5.47. The number of amides is 2. The number of anilines is 2. The highest BCUT2D eigenvalue weighted by atomic mass is 16.6. The Hall–Kier alpha value is -4.73. The second kappa shape index (κ2) is 13.3. The van der Waals surface area contributed by atoms with E-state index in [4.69, 9.17) is 14.5 Å². The maximum atomic E-state index is 12.8. The first-order chi connectivity index (χ1) is 21.8. The summed E-state index contributed by atoms with van der Waals surface area (Å²) in [7, 11) is 0. The lowest BCUT2D eigenvalue weighted by Gasteiger charge is -2.34. The number of benzene rings is 2. The van der Waals surface area contributed by atoms with Crippen LogP contribution in [0, 0.1) is 12.3 Å². The fourth-order valence-corrected chi connectivity index (χ4v) is 5.47. The number of piperidine rings is 1. The Balaban J connectivity index is 1.38. The van der Waals surface area contributed by atoms with Crippen LogP contribution in [0.15, 0.2) is 60.9 Å². The largest absolute Gasteiger partial charge is 0.444 e. The standard InChI is InChI=1S/C36H44N6O4/c1-23-15-16-25-26(12-8-14-28(25)40-30(43)21-35(2,3)4)31(23)45-32-27(13-9-18-37-32)29-17-19-38-33(41-29)39-24-11-10-20-42(22-24)34(44)46-36(5,6)7/h8-9,12-19,24H,10-11,20-22H2,1-7H3,(H,40,43)(H,38,39,41)/t24-/m0/s1. The molecule has 1 aliphatic rings. The molecule has 2 amide bonds. The molecule has 5 rings (SSSR count). The van der Waals surface area contributed by atoms with E-state index in [1.807, 2.05) is 97.0 Å². The topological polar surface area (TPSA) is 119 Å². The minimum Gasteiger partial charge on any atom is -0.444 e. The van der Waals surface area contributed by atoms with Crippen molar-refractivity contribution in [3.05, 3.63) is 66.5 Å². The number of pyridine rings is 1. The Morgan fingerprint density at radius 2 is 1.76 bits per heavy atom. The Bertz CT molecular complexity index is 1730. The molecule has 1 saturated heterocycles. The Kier molecular flexibility index (Phi) is 9.46. The first-order valence-electron chi connectivity index (χ1n) is 15.8. The van der Waals surface area contributed by atoms with Crippen LogP contribution in [0.25, 0.3) is 22.0 Å². The van der Waals surface area contributed by atoms with Crippen molar-refractivity contribution in [1.82, 2.24) is 19.9 Å². The molecule has 0 bridgehead atoms. The number of hydrogen-bond acceptors (Lipinski definition) is 8. The molecular weight excluding hydrogens is 580 g/mol. The molecule has 2 N–H and O–H groups in total. The number of carbonyl (C=O) groups is 2. The van der Waals surface area contributed by atoms with E-state index in [0.29, 0.717) is 48.3 Å². The van der Waals surface area contributed by atoms with Gasteiger partial charge in [-0.15, -0.1) is 0 Å². The van der Waals surface area contributed by atoms with Gasteiger partial charge in [0.05, 0.1) is 11.3 Å². The Morgan fingerprint density at radius 1 is 0.957 bits per heavy atom. The van der Waals surface area contributed by atoms with Crippen LogP contribution in [0.1, 0.15) is 66.4 Å². The van der Waals surface area contributed by atoms with E-state index in [1.165, 1.54) is 0 Å². The van der Waals surface area contributed by atoms with Crippen LogP contribution < -0.4 is 15.4 Å². The maximum absolute atomic E-state index is 12.8. The van der Waals surface area contributed by atoms with Crippen molar-refractivity contribution in [1.29, 1.82) is 0 Å². The summed E-state index contributed by atoms with van der Waals surface area (Å²) >= 11 is 0. The lowest BCUT2D eigenvalue weighted by atomic mass is 9.92. The van der Waals surface area contributed by atoms with Gasteiger partial charge in [0.15, 0.2) is 0 Å².